The standard InChI is InChI=1S/C11H13N5O2/c12-6-1-7-15-8-13-11(14-15)9-2-4-10(5-3-9)16(17)18/h2-5,8H,1,6-7,12H2. The summed E-state index contributed by atoms with van der Waals surface area (Å²) in [6.07, 6.45) is 2.47. The highest BCUT2D eigenvalue weighted by molar-refractivity contribution is 5.56. The number of benzene rings is 1. The number of hydrogen-bond acceptors (Lipinski definition) is 5. The van der Waals surface area contributed by atoms with Gasteiger partial charge < -0.3 is 5.73 Å². The molecular formula is C11H13N5O2. The lowest BCUT2D eigenvalue weighted by atomic mass is 10.2. The van der Waals surface area contributed by atoms with E-state index in [0.29, 0.717) is 12.4 Å². The Kier molecular flexibility index (Phi) is 3.63. The third-order valence-corrected chi connectivity index (χ3v) is 2.46. The fourth-order valence-corrected chi connectivity index (χ4v) is 1.52. The number of nitrogens with zero attached hydrogens (tertiary/aromatic N) is 4. The van der Waals surface area contributed by atoms with E-state index in [1.54, 1.807) is 23.1 Å². The van der Waals surface area contributed by atoms with E-state index in [1.165, 1.54) is 12.1 Å². The first-order chi connectivity index (χ1) is 8.70. The van der Waals surface area contributed by atoms with Gasteiger partial charge in [0.25, 0.3) is 5.69 Å². The lowest BCUT2D eigenvalue weighted by molar-refractivity contribution is -0.384. The van der Waals surface area contributed by atoms with Crippen molar-refractivity contribution in [3.63, 3.8) is 0 Å². The van der Waals surface area contributed by atoms with E-state index < -0.39 is 4.92 Å². The molecule has 0 fully saturated rings. The molecule has 1 heterocycles. The van der Waals surface area contributed by atoms with E-state index >= 15 is 0 Å². The normalized spacial score (nSPS) is 10.5. The SMILES string of the molecule is NCCCn1cnc(-c2ccc([N+](=O)[O-])cc2)n1. The summed E-state index contributed by atoms with van der Waals surface area (Å²) in [5, 5.41) is 14.8. The third-order valence-electron chi connectivity index (χ3n) is 2.46. The van der Waals surface area contributed by atoms with Gasteiger partial charge in [-0.25, -0.2) is 4.98 Å². The Morgan fingerprint density at radius 3 is 2.67 bits per heavy atom. The highest BCUT2D eigenvalue weighted by Crippen LogP contribution is 2.18. The van der Waals surface area contributed by atoms with Crippen molar-refractivity contribution < 1.29 is 4.92 Å². The Morgan fingerprint density at radius 2 is 2.06 bits per heavy atom. The molecule has 0 saturated carbocycles. The smallest absolute Gasteiger partial charge is 0.269 e. The van der Waals surface area contributed by atoms with Crippen LogP contribution in [-0.2, 0) is 6.54 Å². The van der Waals surface area contributed by atoms with Crippen LogP contribution in [0.25, 0.3) is 11.4 Å². The van der Waals surface area contributed by atoms with E-state index in [1.807, 2.05) is 0 Å². The number of non-ortho nitro benzene ring substituents is 1. The summed E-state index contributed by atoms with van der Waals surface area (Å²) in [4.78, 5) is 14.3. The maximum absolute atomic E-state index is 10.5. The minimum absolute atomic E-state index is 0.0568. The predicted molar refractivity (Wildman–Crippen MR) is 65.8 cm³/mol. The van der Waals surface area contributed by atoms with Gasteiger partial charge in [-0.15, -0.1) is 0 Å². The molecule has 0 aliphatic heterocycles. The van der Waals surface area contributed by atoms with E-state index in [0.717, 1.165) is 18.5 Å². The molecule has 94 valence electrons. The van der Waals surface area contributed by atoms with Crippen molar-refractivity contribution in [1.29, 1.82) is 0 Å². The van der Waals surface area contributed by atoms with Gasteiger partial charge in [0.1, 0.15) is 6.33 Å². The lowest BCUT2D eigenvalue weighted by Gasteiger charge is -1.97. The van der Waals surface area contributed by atoms with Crippen molar-refractivity contribution >= 4 is 5.69 Å². The van der Waals surface area contributed by atoms with E-state index in [2.05, 4.69) is 10.1 Å². The van der Waals surface area contributed by atoms with Crippen LogP contribution in [0.2, 0.25) is 0 Å². The topological polar surface area (TPSA) is 99.9 Å². The molecule has 0 saturated heterocycles. The fourth-order valence-electron chi connectivity index (χ4n) is 1.52. The van der Waals surface area contributed by atoms with Crippen LogP contribution in [0.15, 0.2) is 30.6 Å². The summed E-state index contributed by atoms with van der Waals surface area (Å²) in [7, 11) is 0. The van der Waals surface area contributed by atoms with Gasteiger partial charge in [0.2, 0.25) is 0 Å². The number of nitro benzene ring substituents is 1. The monoisotopic (exact) mass is 247 g/mol. The number of nitrogens with two attached hydrogens (primary N) is 1. The summed E-state index contributed by atoms with van der Waals surface area (Å²) >= 11 is 0. The summed E-state index contributed by atoms with van der Waals surface area (Å²) < 4.78 is 1.71. The first-order valence-corrected chi connectivity index (χ1v) is 5.55. The average molecular weight is 247 g/mol. The largest absolute Gasteiger partial charge is 0.330 e. The number of aromatic nitrogens is 3. The number of aryl methyl sites for hydroxylation is 1. The van der Waals surface area contributed by atoms with Crippen molar-refractivity contribution in [2.45, 2.75) is 13.0 Å². The summed E-state index contributed by atoms with van der Waals surface area (Å²) in [6, 6.07) is 6.16. The maximum Gasteiger partial charge on any atom is 0.269 e. The minimum atomic E-state index is -0.433. The van der Waals surface area contributed by atoms with Gasteiger partial charge in [-0.05, 0) is 25.1 Å². The Hall–Kier alpha value is -2.28. The maximum atomic E-state index is 10.5. The molecule has 0 spiro atoms. The minimum Gasteiger partial charge on any atom is -0.330 e. The van der Waals surface area contributed by atoms with Crippen LogP contribution in [-0.4, -0.2) is 26.2 Å². The second-order valence-electron chi connectivity index (χ2n) is 3.78. The van der Waals surface area contributed by atoms with E-state index in [9.17, 15) is 10.1 Å². The first-order valence-electron chi connectivity index (χ1n) is 5.55. The van der Waals surface area contributed by atoms with Crippen LogP contribution in [0.3, 0.4) is 0 Å². The zero-order valence-corrected chi connectivity index (χ0v) is 9.69. The zero-order chi connectivity index (χ0) is 13.0. The molecule has 1 aromatic carbocycles. The number of rotatable bonds is 5. The zero-order valence-electron chi connectivity index (χ0n) is 9.69. The lowest BCUT2D eigenvalue weighted by Crippen LogP contribution is -2.06. The van der Waals surface area contributed by atoms with Crippen molar-refractivity contribution in [3.05, 3.63) is 40.7 Å². The highest BCUT2D eigenvalue weighted by Gasteiger charge is 2.08. The summed E-state index contributed by atoms with van der Waals surface area (Å²) in [6.45, 7) is 1.32. The Labute approximate surface area is 103 Å². The first kappa shape index (κ1) is 12.2. The van der Waals surface area contributed by atoms with E-state index in [4.69, 9.17) is 5.73 Å². The Bertz CT molecular complexity index is 535. The van der Waals surface area contributed by atoms with Crippen molar-refractivity contribution in [1.82, 2.24) is 14.8 Å². The van der Waals surface area contributed by atoms with Gasteiger partial charge in [-0.2, -0.15) is 5.10 Å². The second kappa shape index (κ2) is 5.37. The van der Waals surface area contributed by atoms with Gasteiger partial charge in [-0.3, -0.25) is 14.8 Å². The Morgan fingerprint density at radius 1 is 1.33 bits per heavy atom. The molecule has 7 nitrogen and oxygen atoms in total. The molecule has 2 aromatic rings. The van der Waals surface area contributed by atoms with Gasteiger partial charge in [0.15, 0.2) is 5.82 Å². The van der Waals surface area contributed by atoms with Crippen LogP contribution >= 0.6 is 0 Å². The van der Waals surface area contributed by atoms with Crippen LogP contribution in [0, 0.1) is 10.1 Å². The number of hydrogen-bond donors (Lipinski definition) is 1. The van der Waals surface area contributed by atoms with E-state index in [-0.39, 0.29) is 5.69 Å². The van der Waals surface area contributed by atoms with Gasteiger partial charge >= 0.3 is 0 Å². The van der Waals surface area contributed by atoms with Gasteiger partial charge in [0, 0.05) is 24.2 Å². The van der Waals surface area contributed by atoms with Crippen LogP contribution in [0.1, 0.15) is 6.42 Å². The van der Waals surface area contributed by atoms with Crippen LogP contribution < -0.4 is 5.73 Å². The van der Waals surface area contributed by atoms with Gasteiger partial charge in [-0.1, -0.05) is 0 Å². The van der Waals surface area contributed by atoms with Crippen molar-refractivity contribution in [3.8, 4) is 11.4 Å². The van der Waals surface area contributed by atoms with Crippen LogP contribution in [0.5, 0.6) is 0 Å². The van der Waals surface area contributed by atoms with Crippen molar-refractivity contribution in [2.24, 2.45) is 5.73 Å². The molecule has 0 aliphatic rings. The fraction of sp³-hybridized carbons (Fsp3) is 0.273. The number of nitro groups is 1. The summed E-state index contributed by atoms with van der Waals surface area (Å²) in [5.74, 6) is 0.557. The molecule has 0 radical (unpaired) electrons. The predicted octanol–water partition coefficient (Wildman–Crippen LogP) is 1.20. The average Bonchev–Trinajstić information content (AvgIpc) is 2.85. The van der Waals surface area contributed by atoms with Crippen LogP contribution in [0.4, 0.5) is 5.69 Å². The van der Waals surface area contributed by atoms with Gasteiger partial charge in [0.05, 0.1) is 4.92 Å². The molecule has 0 atom stereocenters. The molecule has 0 amide bonds. The molecule has 0 aliphatic carbocycles. The molecule has 2 N–H and O–H groups in total. The summed E-state index contributed by atoms with van der Waals surface area (Å²) in [5.41, 5.74) is 6.23. The molecular weight excluding hydrogens is 234 g/mol. The molecule has 18 heavy (non-hydrogen) atoms. The third kappa shape index (κ3) is 2.69. The highest BCUT2D eigenvalue weighted by atomic mass is 16.6. The quantitative estimate of drug-likeness (QED) is 0.632. The van der Waals surface area contributed by atoms with Crippen molar-refractivity contribution in [2.75, 3.05) is 6.54 Å². The second-order valence-corrected chi connectivity index (χ2v) is 3.78. The molecule has 7 heteroatoms. The molecule has 1 aromatic heterocycles. The molecule has 0 unspecified atom stereocenters. The molecule has 0 bridgehead atoms. The molecule has 2 rings (SSSR count). The Balaban J connectivity index is 2.15.